The van der Waals surface area contributed by atoms with Crippen molar-refractivity contribution < 1.29 is 14.3 Å². The van der Waals surface area contributed by atoms with E-state index in [1.165, 1.54) is 44.9 Å². The van der Waals surface area contributed by atoms with Gasteiger partial charge in [-0.3, -0.25) is 14.5 Å². The zero-order valence-electron chi connectivity index (χ0n) is 19.3. The van der Waals surface area contributed by atoms with Crippen molar-refractivity contribution in [1.29, 1.82) is 0 Å². The molecule has 5 aliphatic rings. The van der Waals surface area contributed by atoms with Crippen molar-refractivity contribution in [3.63, 3.8) is 0 Å². The van der Waals surface area contributed by atoms with E-state index in [-0.39, 0.29) is 28.9 Å². The van der Waals surface area contributed by atoms with Gasteiger partial charge in [-0.1, -0.05) is 20.3 Å². The van der Waals surface area contributed by atoms with Crippen LogP contribution in [0.2, 0.25) is 0 Å². The predicted octanol–water partition coefficient (Wildman–Crippen LogP) is 4.99. The lowest BCUT2D eigenvalue weighted by Crippen LogP contribution is -2.54. The van der Waals surface area contributed by atoms with Crippen LogP contribution in [0.4, 0.5) is 0 Å². The van der Waals surface area contributed by atoms with Crippen LogP contribution < -0.4 is 0 Å². The summed E-state index contributed by atoms with van der Waals surface area (Å²) >= 11 is 0. The topological polar surface area (TPSA) is 46.6 Å². The molecule has 4 aliphatic carbocycles. The Morgan fingerprint density at radius 3 is 2.47 bits per heavy atom. The van der Waals surface area contributed by atoms with E-state index in [9.17, 15) is 9.59 Å². The summed E-state index contributed by atoms with van der Waals surface area (Å²) < 4.78 is 5.71. The molecule has 0 aromatic rings. The van der Waals surface area contributed by atoms with Gasteiger partial charge in [0, 0.05) is 12.3 Å². The molecule has 5 fully saturated rings. The summed E-state index contributed by atoms with van der Waals surface area (Å²) in [5.41, 5.74) is 0.172. The number of ether oxygens (including phenoxy) is 1. The first kappa shape index (κ1) is 21.0. The van der Waals surface area contributed by atoms with Crippen LogP contribution in [0.25, 0.3) is 0 Å². The minimum absolute atomic E-state index is 0.0992. The number of fused-ring (bicyclic) bond motifs is 5. The number of carbonyl (C=O) groups excluding carboxylic acids is 2. The normalized spacial score (nSPS) is 49.1. The number of piperidine rings is 1. The van der Waals surface area contributed by atoms with E-state index in [1.807, 2.05) is 0 Å². The fraction of sp³-hybridized carbons (Fsp3) is 0.923. The average Bonchev–Trinajstić information content (AvgIpc) is 2.99. The van der Waals surface area contributed by atoms with Gasteiger partial charge in [-0.2, -0.15) is 0 Å². The number of likely N-dealkylation sites (tertiary alicyclic amines) is 1. The van der Waals surface area contributed by atoms with Gasteiger partial charge in [0.2, 0.25) is 0 Å². The molecule has 0 aromatic carbocycles. The predicted molar refractivity (Wildman–Crippen MR) is 117 cm³/mol. The molecule has 0 unspecified atom stereocenters. The van der Waals surface area contributed by atoms with Crippen LogP contribution in [0.15, 0.2) is 0 Å². The lowest BCUT2D eigenvalue weighted by Gasteiger charge is -2.60. The van der Waals surface area contributed by atoms with Gasteiger partial charge >= 0.3 is 5.97 Å². The maximum Gasteiger partial charge on any atom is 0.302 e. The highest BCUT2D eigenvalue weighted by Crippen LogP contribution is 2.66. The molecular weight excluding hydrogens is 374 g/mol. The first-order valence-corrected chi connectivity index (χ1v) is 12.8. The number of hydrogen-bond acceptors (Lipinski definition) is 4. The van der Waals surface area contributed by atoms with Crippen LogP contribution >= 0.6 is 0 Å². The largest absolute Gasteiger partial charge is 0.463 e. The van der Waals surface area contributed by atoms with E-state index in [1.54, 1.807) is 6.92 Å². The van der Waals surface area contributed by atoms with E-state index in [0.717, 1.165) is 44.7 Å². The van der Waals surface area contributed by atoms with Gasteiger partial charge in [-0.15, -0.1) is 0 Å². The van der Waals surface area contributed by atoms with Crippen molar-refractivity contribution in [2.45, 2.75) is 104 Å². The molecule has 1 saturated heterocycles. The summed E-state index contributed by atoms with van der Waals surface area (Å²) in [4.78, 5) is 27.8. The minimum Gasteiger partial charge on any atom is -0.463 e. The molecular formula is C26H41NO3. The molecule has 4 saturated carbocycles. The summed E-state index contributed by atoms with van der Waals surface area (Å²) in [5.74, 6) is 3.14. The van der Waals surface area contributed by atoms with Crippen LogP contribution in [0, 0.1) is 34.5 Å². The molecule has 4 nitrogen and oxygen atoms in total. The average molecular weight is 416 g/mol. The third-order valence-corrected chi connectivity index (χ3v) is 10.5. The van der Waals surface area contributed by atoms with Gasteiger partial charge in [0.15, 0.2) is 5.78 Å². The Morgan fingerprint density at radius 1 is 1.00 bits per heavy atom. The van der Waals surface area contributed by atoms with Gasteiger partial charge < -0.3 is 4.74 Å². The second-order valence-electron chi connectivity index (χ2n) is 11.8. The van der Waals surface area contributed by atoms with Gasteiger partial charge in [0.25, 0.3) is 0 Å². The molecule has 0 bridgehead atoms. The first-order chi connectivity index (χ1) is 14.3. The number of ketones is 1. The van der Waals surface area contributed by atoms with Crippen molar-refractivity contribution in [3.05, 3.63) is 0 Å². The lowest BCUT2D eigenvalue weighted by molar-refractivity contribution is -0.163. The zero-order chi connectivity index (χ0) is 21.1. The Hall–Kier alpha value is -0.900. The number of Topliss-reactive ketones (excluding diaryl/α,β-unsaturated/α-hetero) is 1. The van der Waals surface area contributed by atoms with E-state index in [2.05, 4.69) is 18.7 Å². The number of nitrogens with zero attached hydrogens (tertiary/aromatic N) is 1. The molecule has 0 spiro atoms. The molecule has 168 valence electrons. The van der Waals surface area contributed by atoms with Crippen LogP contribution in [0.5, 0.6) is 0 Å². The molecule has 0 N–H and O–H groups in total. The standard InChI is InChI=1S/C26H41NO3/c1-17(28)30-19-9-7-18-8-10-20-21(26(18,3)16-19)11-12-25(2)22(20)15-23(24(25)29)27-13-5-4-6-14-27/h18-23H,4-16H2,1-3H3/t18-,19-,20-,21+,22+,23+,25+,26+/m1/s1. The Labute approximate surface area is 182 Å². The third kappa shape index (κ3) is 3.19. The maximum absolute atomic E-state index is 13.7. The Balaban J connectivity index is 1.38. The van der Waals surface area contributed by atoms with Gasteiger partial charge in [0.1, 0.15) is 6.10 Å². The van der Waals surface area contributed by atoms with Gasteiger partial charge in [-0.05, 0) is 106 Å². The third-order valence-electron chi connectivity index (χ3n) is 10.5. The number of rotatable bonds is 2. The maximum atomic E-state index is 13.7. The van der Waals surface area contributed by atoms with E-state index >= 15 is 0 Å². The van der Waals surface area contributed by atoms with Gasteiger partial charge in [0.05, 0.1) is 6.04 Å². The van der Waals surface area contributed by atoms with E-state index in [0.29, 0.717) is 23.5 Å². The fourth-order valence-electron chi connectivity index (χ4n) is 8.98. The van der Waals surface area contributed by atoms with Crippen molar-refractivity contribution in [2.24, 2.45) is 34.5 Å². The van der Waals surface area contributed by atoms with E-state index in [4.69, 9.17) is 4.74 Å². The summed E-state index contributed by atoms with van der Waals surface area (Å²) in [5, 5.41) is 0. The summed E-state index contributed by atoms with van der Waals surface area (Å²) in [7, 11) is 0. The van der Waals surface area contributed by atoms with Crippen LogP contribution in [-0.2, 0) is 14.3 Å². The van der Waals surface area contributed by atoms with Crippen LogP contribution in [0.1, 0.15) is 91.4 Å². The Bertz CT molecular complexity index is 700. The lowest BCUT2D eigenvalue weighted by atomic mass is 9.45. The fourth-order valence-corrected chi connectivity index (χ4v) is 8.98. The second-order valence-corrected chi connectivity index (χ2v) is 11.8. The minimum atomic E-state index is -0.128. The van der Waals surface area contributed by atoms with Crippen molar-refractivity contribution in [2.75, 3.05) is 13.1 Å². The Morgan fingerprint density at radius 2 is 1.73 bits per heavy atom. The molecule has 4 heteroatoms. The molecule has 5 rings (SSSR count). The first-order valence-electron chi connectivity index (χ1n) is 12.8. The molecule has 0 amide bonds. The summed E-state index contributed by atoms with van der Waals surface area (Å²) in [6, 6.07) is 0.185. The van der Waals surface area contributed by atoms with E-state index < -0.39 is 0 Å². The van der Waals surface area contributed by atoms with Crippen molar-refractivity contribution >= 4 is 11.8 Å². The summed E-state index contributed by atoms with van der Waals surface area (Å²) in [6.07, 6.45) is 13.2. The van der Waals surface area contributed by atoms with Crippen LogP contribution in [0.3, 0.4) is 0 Å². The number of carbonyl (C=O) groups is 2. The smallest absolute Gasteiger partial charge is 0.302 e. The molecule has 30 heavy (non-hydrogen) atoms. The zero-order valence-corrected chi connectivity index (χ0v) is 19.3. The molecule has 1 heterocycles. The highest BCUT2D eigenvalue weighted by atomic mass is 16.5. The van der Waals surface area contributed by atoms with Gasteiger partial charge in [-0.25, -0.2) is 0 Å². The monoisotopic (exact) mass is 415 g/mol. The quantitative estimate of drug-likeness (QED) is 0.596. The number of esters is 1. The molecule has 0 radical (unpaired) electrons. The Kier molecular flexibility index (Phi) is 5.31. The highest BCUT2D eigenvalue weighted by molar-refractivity contribution is 5.92. The number of hydrogen-bond donors (Lipinski definition) is 0. The van der Waals surface area contributed by atoms with Crippen molar-refractivity contribution in [3.8, 4) is 0 Å². The summed E-state index contributed by atoms with van der Waals surface area (Å²) in [6.45, 7) is 8.62. The molecule has 8 atom stereocenters. The molecule has 1 aliphatic heterocycles. The van der Waals surface area contributed by atoms with Crippen LogP contribution in [-0.4, -0.2) is 41.9 Å². The highest BCUT2D eigenvalue weighted by Gasteiger charge is 2.63. The SMILES string of the molecule is CC(=O)O[C@@H]1CC[C@@H]2CC[C@@H]3[C@H](CC[C@]4(C)C(=O)[C@@H](N5CCCCC5)C[C@@H]34)[C@@]2(C)C1. The second kappa shape index (κ2) is 7.60. The molecule has 0 aromatic heterocycles. The van der Waals surface area contributed by atoms with Crippen molar-refractivity contribution in [1.82, 2.24) is 4.90 Å².